The number of aliphatic hydroxyl groups is 1. The average Bonchev–Trinajstić information content (AvgIpc) is 3.25. The number of aromatic amines is 1. The molecule has 0 spiro atoms. The highest BCUT2D eigenvalue weighted by molar-refractivity contribution is 5.98. The lowest BCUT2D eigenvalue weighted by Gasteiger charge is -2.18. The molecule has 0 saturated heterocycles. The quantitative estimate of drug-likeness (QED) is 0.296. The van der Waals surface area contributed by atoms with Crippen molar-refractivity contribution < 1.29 is 23.4 Å². The molecule has 1 heterocycles. The van der Waals surface area contributed by atoms with Gasteiger partial charge in [-0.25, -0.2) is 8.78 Å². The van der Waals surface area contributed by atoms with Crippen LogP contribution in [0, 0.1) is 18.6 Å². The SMILES string of the molecule is CCCOc1ccc(-c2ccc(C)c(F)c2)cc1C(=O)NC(CO)Cc1c[nH]c2ccc(F)cc12. The molecule has 1 unspecified atom stereocenters. The Hall–Kier alpha value is -3.71. The molecule has 7 heteroatoms. The van der Waals surface area contributed by atoms with Gasteiger partial charge >= 0.3 is 0 Å². The van der Waals surface area contributed by atoms with Crippen molar-refractivity contribution in [2.45, 2.75) is 32.7 Å². The first-order valence-corrected chi connectivity index (χ1v) is 11.6. The summed E-state index contributed by atoms with van der Waals surface area (Å²) >= 11 is 0. The van der Waals surface area contributed by atoms with Crippen molar-refractivity contribution >= 4 is 16.8 Å². The van der Waals surface area contributed by atoms with Gasteiger partial charge in [0, 0.05) is 17.1 Å². The molecular formula is C28H28F2N2O3. The zero-order chi connectivity index (χ0) is 24.9. The van der Waals surface area contributed by atoms with Gasteiger partial charge < -0.3 is 20.1 Å². The van der Waals surface area contributed by atoms with E-state index in [2.05, 4.69) is 10.3 Å². The molecule has 3 N–H and O–H groups in total. The second-order valence-electron chi connectivity index (χ2n) is 8.58. The maximum atomic E-state index is 14.1. The number of rotatable bonds is 9. The number of fused-ring (bicyclic) bond motifs is 1. The zero-order valence-electron chi connectivity index (χ0n) is 19.7. The zero-order valence-corrected chi connectivity index (χ0v) is 19.7. The second-order valence-corrected chi connectivity index (χ2v) is 8.58. The second kappa shape index (κ2) is 10.7. The van der Waals surface area contributed by atoms with Crippen LogP contribution in [0.2, 0.25) is 0 Å². The van der Waals surface area contributed by atoms with Crippen LogP contribution in [0.5, 0.6) is 5.75 Å². The molecule has 3 aromatic carbocycles. The van der Waals surface area contributed by atoms with Gasteiger partial charge in [0.1, 0.15) is 17.4 Å². The predicted octanol–water partition coefficient (Wildman–Crippen LogP) is 5.54. The van der Waals surface area contributed by atoms with Gasteiger partial charge in [-0.1, -0.05) is 25.1 Å². The highest BCUT2D eigenvalue weighted by Crippen LogP contribution is 2.29. The number of halogens is 2. The molecule has 5 nitrogen and oxygen atoms in total. The fourth-order valence-electron chi connectivity index (χ4n) is 4.01. The molecule has 4 aromatic rings. The van der Waals surface area contributed by atoms with E-state index in [-0.39, 0.29) is 18.2 Å². The Kier molecular flexibility index (Phi) is 7.46. The summed E-state index contributed by atoms with van der Waals surface area (Å²) in [6.07, 6.45) is 2.82. The summed E-state index contributed by atoms with van der Waals surface area (Å²) in [6, 6.07) is 13.9. The fourth-order valence-corrected chi connectivity index (χ4v) is 4.01. The number of aryl methyl sites for hydroxylation is 1. The van der Waals surface area contributed by atoms with Gasteiger partial charge in [0.25, 0.3) is 5.91 Å². The Morgan fingerprint density at radius 3 is 2.60 bits per heavy atom. The number of hydrogen-bond acceptors (Lipinski definition) is 3. The molecule has 0 saturated carbocycles. The van der Waals surface area contributed by atoms with Crippen LogP contribution in [0.25, 0.3) is 22.0 Å². The van der Waals surface area contributed by atoms with Gasteiger partial charge in [0.05, 0.1) is 24.8 Å². The van der Waals surface area contributed by atoms with Crippen LogP contribution in [0.3, 0.4) is 0 Å². The van der Waals surface area contributed by atoms with E-state index in [0.717, 1.165) is 17.5 Å². The van der Waals surface area contributed by atoms with Crippen LogP contribution in [0.1, 0.15) is 34.8 Å². The van der Waals surface area contributed by atoms with Crippen LogP contribution in [-0.4, -0.2) is 35.3 Å². The molecule has 0 aliphatic heterocycles. The standard InChI is InChI=1S/C28H28F2N2O3/c1-3-10-35-27-9-6-18(19-5-4-17(2)25(30)13-19)12-24(27)28(34)32-22(16-33)11-20-15-31-26-8-7-21(29)14-23(20)26/h4-9,12-15,22,31,33H,3,10-11,16H2,1-2H3,(H,32,34). The molecule has 182 valence electrons. The number of H-pyrrole nitrogens is 1. The van der Waals surface area contributed by atoms with Crippen molar-refractivity contribution in [2.24, 2.45) is 0 Å². The lowest BCUT2D eigenvalue weighted by atomic mass is 10.00. The third-order valence-electron chi connectivity index (χ3n) is 5.94. The summed E-state index contributed by atoms with van der Waals surface area (Å²) in [5.41, 5.74) is 3.70. The van der Waals surface area contributed by atoms with Crippen LogP contribution >= 0.6 is 0 Å². The normalized spacial score (nSPS) is 12.0. The number of ether oxygens (including phenoxy) is 1. The van der Waals surface area contributed by atoms with Crippen molar-refractivity contribution in [2.75, 3.05) is 13.2 Å². The summed E-state index contributed by atoms with van der Waals surface area (Å²) < 4.78 is 33.7. The fraction of sp³-hybridized carbons (Fsp3) is 0.250. The minimum absolute atomic E-state index is 0.292. The third kappa shape index (κ3) is 5.52. The maximum Gasteiger partial charge on any atom is 0.255 e. The monoisotopic (exact) mass is 478 g/mol. The molecule has 0 aliphatic rings. The van der Waals surface area contributed by atoms with E-state index >= 15 is 0 Å². The number of benzene rings is 3. The van der Waals surface area contributed by atoms with E-state index in [4.69, 9.17) is 4.74 Å². The maximum absolute atomic E-state index is 14.1. The summed E-state index contributed by atoms with van der Waals surface area (Å²) in [5.74, 6) is -0.692. The largest absolute Gasteiger partial charge is 0.493 e. The number of aliphatic hydroxyl groups excluding tert-OH is 1. The number of amides is 1. The third-order valence-corrected chi connectivity index (χ3v) is 5.94. The highest BCUT2D eigenvalue weighted by Gasteiger charge is 2.20. The predicted molar refractivity (Wildman–Crippen MR) is 133 cm³/mol. The Balaban J connectivity index is 1.61. The van der Waals surface area contributed by atoms with E-state index in [0.29, 0.717) is 46.4 Å². The highest BCUT2D eigenvalue weighted by atomic mass is 19.1. The van der Waals surface area contributed by atoms with Gasteiger partial charge in [-0.05, 0) is 78.4 Å². The van der Waals surface area contributed by atoms with Crippen molar-refractivity contribution in [1.82, 2.24) is 10.3 Å². The topological polar surface area (TPSA) is 74.3 Å². The lowest BCUT2D eigenvalue weighted by Crippen LogP contribution is -2.39. The van der Waals surface area contributed by atoms with Crippen molar-refractivity contribution in [3.05, 3.63) is 89.1 Å². The van der Waals surface area contributed by atoms with Gasteiger partial charge in [-0.2, -0.15) is 0 Å². The van der Waals surface area contributed by atoms with Crippen LogP contribution in [0.15, 0.2) is 60.8 Å². The van der Waals surface area contributed by atoms with Crippen molar-refractivity contribution in [3.63, 3.8) is 0 Å². The first-order valence-electron chi connectivity index (χ1n) is 11.6. The smallest absolute Gasteiger partial charge is 0.255 e. The molecule has 0 bridgehead atoms. The number of nitrogens with one attached hydrogen (secondary N) is 2. The summed E-state index contributed by atoms with van der Waals surface area (Å²) in [5, 5.41) is 13.5. The Morgan fingerprint density at radius 2 is 1.86 bits per heavy atom. The van der Waals surface area contributed by atoms with E-state index in [9.17, 15) is 18.7 Å². The van der Waals surface area contributed by atoms with E-state index in [1.807, 2.05) is 6.92 Å². The first-order chi connectivity index (χ1) is 16.9. The minimum Gasteiger partial charge on any atom is -0.493 e. The van der Waals surface area contributed by atoms with Gasteiger partial charge in [0.2, 0.25) is 0 Å². The number of aromatic nitrogens is 1. The lowest BCUT2D eigenvalue weighted by molar-refractivity contribution is 0.0912. The van der Waals surface area contributed by atoms with Crippen LogP contribution < -0.4 is 10.1 Å². The first kappa shape index (κ1) is 24.4. The molecule has 35 heavy (non-hydrogen) atoms. The molecule has 4 rings (SSSR count). The molecule has 0 radical (unpaired) electrons. The van der Waals surface area contributed by atoms with E-state index in [1.54, 1.807) is 49.5 Å². The average molecular weight is 479 g/mol. The molecule has 1 aromatic heterocycles. The Labute approximate surface area is 202 Å². The molecule has 0 fully saturated rings. The molecular weight excluding hydrogens is 450 g/mol. The number of hydrogen-bond donors (Lipinski definition) is 3. The Bertz CT molecular complexity index is 1350. The summed E-state index contributed by atoms with van der Waals surface area (Å²) in [4.78, 5) is 16.4. The number of carbonyl (C=O) groups is 1. The minimum atomic E-state index is -0.607. The van der Waals surface area contributed by atoms with Crippen LogP contribution in [0.4, 0.5) is 8.78 Å². The van der Waals surface area contributed by atoms with E-state index < -0.39 is 11.9 Å². The van der Waals surface area contributed by atoms with Crippen molar-refractivity contribution in [3.8, 4) is 16.9 Å². The molecule has 1 amide bonds. The van der Waals surface area contributed by atoms with Gasteiger partial charge in [-0.15, -0.1) is 0 Å². The summed E-state index contributed by atoms with van der Waals surface area (Å²) in [6.45, 7) is 3.79. The number of carbonyl (C=O) groups excluding carboxylic acids is 1. The summed E-state index contributed by atoms with van der Waals surface area (Å²) in [7, 11) is 0. The molecule has 1 atom stereocenters. The Morgan fingerprint density at radius 1 is 1.09 bits per heavy atom. The van der Waals surface area contributed by atoms with E-state index in [1.165, 1.54) is 18.2 Å². The van der Waals surface area contributed by atoms with Crippen molar-refractivity contribution in [1.29, 1.82) is 0 Å². The van der Waals surface area contributed by atoms with Gasteiger partial charge in [0.15, 0.2) is 0 Å². The van der Waals surface area contributed by atoms with Gasteiger partial charge in [-0.3, -0.25) is 4.79 Å². The van der Waals surface area contributed by atoms with Crippen LogP contribution in [-0.2, 0) is 6.42 Å². The molecule has 0 aliphatic carbocycles.